The molecule has 0 heterocycles. The second kappa shape index (κ2) is 7.00. The van der Waals surface area contributed by atoms with Crippen LogP contribution in [-0.4, -0.2) is 0 Å². The second-order valence-electron chi connectivity index (χ2n) is 5.03. The molecule has 94 valence electrons. The lowest BCUT2D eigenvalue weighted by Crippen LogP contribution is -1.88. The fourth-order valence-electron chi connectivity index (χ4n) is 2.23. The van der Waals surface area contributed by atoms with Crippen LogP contribution in [0.2, 0.25) is 0 Å². The predicted molar refractivity (Wildman–Crippen MR) is 78.9 cm³/mol. The Kier molecular flexibility index (Phi) is 5.01. The summed E-state index contributed by atoms with van der Waals surface area (Å²) in [6.07, 6.45) is 6.36. The zero-order valence-electron chi connectivity index (χ0n) is 11.2. The van der Waals surface area contributed by atoms with E-state index in [0.717, 1.165) is 0 Å². The third-order valence-corrected chi connectivity index (χ3v) is 3.39. The van der Waals surface area contributed by atoms with E-state index < -0.39 is 0 Å². The monoisotopic (exact) mass is 238 g/mol. The van der Waals surface area contributed by atoms with Crippen molar-refractivity contribution in [2.45, 2.75) is 39.0 Å². The van der Waals surface area contributed by atoms with Crippen LogP contribution in [0.15, 0.2) is 54.6 Å². The summed E-state index contributed by atoms with van der Waals surface area (Å²) in [5, 5.41) is 0. The topological polar surface area (TPSA) is 0 Å². The van der Waals surface area contributed by atoms with Crippen LogP contribution in [0.25, 0.3) is 0 Å². The van der Waals surface area contributed by atoms with Crippen molar-refractivity contribution >= 4 is 0 Å². The van der Waals surface area contributed by atoms with Gasteiger partial charge in [0.2, 0.25) is 0 Å². The number of benzene rings is 2. The highest BCUT2D eigenvalue weighted by Crippen LogP contribution is 2.10. The molecule has 0 saturated carbocycles. The molecule has 18 heavy (non-hydrogen) atoms. The summed E-state index contributed by atoms with van der Waals surface area (Å²) < 4.78 is 0. The van der Waals surface area contributed by atoms with E-state index in [2.05, 4.69) is 61.5 Å². The van der Waals surface area contributed by atoms with Crippen molar-refractivity contribution < 1.29 is 0 Å². The molecule has 0 unspecified atom stereocenters. The molecule has 0 aliphatic rings. The third-order valence-electron chi connectivity index (χ3n) is 3.39. The average Bonchev–Trinajstić information content (AvgIpc) is 2.42. The van der Waals surface area contributed by atoms with Gasteiger partial charge in [-0.05, 0) is 43.7 Å². The van der Waals surface area contributed by atoms with Gasteiger partial charge in [0.25, 0.3) is 0 Å². The van der Waals surface area contributed by atoms with Crippen LogP contribution in [0.1, 0.15) is 36.0 Å². The molecule has 0 spiro atoms. The summed E-state index contributed by atoms with van der Waals surface area (Å²) in [5.74, 6) is 0. The molecular formula is C18H22. The standard InChI is InChI=1S/C18H22/c1-16-12-14-18(15-13-16)11-7-3-6-10-17-8-4-2-5-9-17/h2,4-5,8-9,12-15H,3,6-7,10-11H2,1H3. The summed E-state index contributed by atoms with van der Waals surface area (Å²) in [7, 11) is 0. The van der Waals surface area contributed by atoms with Crippen molar-refractivity contribution in [3.05, 3.63) is 71.3 Å². The quantitative estimate of drug-likeness (QED) is 0.625. The first-order valence-corrected chi connectivity index (χ1v) is 6.94. The molecule has 0 nitrogen and oxygen atoms in total. The Morgan fingerprint density at radius 1 is 0.611 bits per heavy atom. The zero-order chi connectivity index (χ0) is 12.6. The minimum absolute atomic E-state index is 1.22. The maximum Gasteiger partial charge on any atom is -0.0279 e. The molecule has 0 saturated heterocycles. The molecule has 0 aliphatic heterocycles. The van der Waals surface area contributed by atoms with Gasteiger partial charge in [-0.3, -0.25) is 0 Å². The molecule has 0 aliphatic carbocycles. The summed E-state index contributed by atoms with van der Waals surface area (Å²) in [6.45, 7) is 2.14. The highest BCUT2D eigenvalue weighted by Gasteiger charge is 1.95. The molecule has 0 bridgehead atoms. The van der Waals surface area contributed by atoms with Gasteiger partial charge in [0.1, 0.15) is 0 Å². The Balaban J connectivity index is 1.63. The number of hydrogen-bond acceptors (Lipinski definition) is 0. The Morgan fingerprint density at radius 2 is 1.17 bits per heavy atom. The van der Waals surface area contributed by atoms with E-state index in [9.17, 15) is 0 Å². The molecule has 2 aromatic rings. The Labute approximate surface area is 111 Å². The van der Waals surface area contributed by atoms with E-state index in [0.29, 0.717) is 0 Å². The Hall–Kier alpha value is -1.56. The normalized spacial score (nSPS) is 10.5. The van der Waals surface area contributed by atoms with Crippen molar-refractivity contribution in [1.29, 1.82) is 0 Å². The molecule has 0 fully saturated rings. The van der Waals surface area contributed by atoms with Gasteiger partial charge in [0, 0.05) is 0 Å². The van der Waals surface area contributed by atoms with Crippen molar-refractivity contribution in [2.75, 3.05) is 0 Å². The average molecular weight is 238 g/mol. The van der Waals surface area contributed by atoms with E-state index in [-0.39, 0.29) is 0 Å². The lowest BCUT2D eigenvalue weighted by atomic mass is 10.0. The highest BCUT2D eigenvalue weighted by atomic mass is 14.0. The first-order valence-electron chi connectivity index (χ1n) is 6.94. The molecule has 0 aromatic heterocycles. The molecule has 0 heteroatoms. The van der Waals surface area contributed by atoms with Crippen LogP contribution >= 0.6 is 0 Å². The van der Waals surface area contributed by atoms with Gasteiger partial charge in [-0.1, -0.05) is 66.6 Å². The molecule has 2 aromatic carbocycles. The maximum atomic E-state index is 2.26. The van der Waals surface area contributed by atoms with Gasteiger partial charge >= 0.3 is 0 Å². The molecule has 0 radical (unpaired) electrons. The van der Waals surface area contributed by atoms with Gasteiger partial charge in [0.15, 0.2) is 0 Å². The number of hydrogen-bond donors (Lipinski definition) is 0. The number of unbranched alkanes of at least 4 members (excludes halogenated alkanes) is 2. The zero-order valence-corrected chi connectivity index (χ0v) is 11.2. The molecule has 2 rings (SSSR count). The lowest BCUT2D eigenvalue weighted by Gasteiger charge is -2.03. The van der Waals surface area contributed by atoms with Crippen LogP contribution in [-0.2, 0) is 12.8 Å². The summed E-state index contributed by atoms with van der Waals surface area (Å²) in [6, 6.07) is 19.7. The Bertz CT molecular complexity index is 439. The van der Waals surface area contributed by atoms with Gasteiger partial charge in [-0.2, -0.15) is 0 Å². The summed E-state index contributed by atoms with van der Waals surface area (Å²) in [5.41, 5.74) is 4.29. The van der Waals surface area contributed by atoms with Crippen LogP contribution in [0.4, 0.5) is 0 Å². The maximum absolute atomic E-state index is 2.26. The van der Waals surface area contributed by atoms with Gasteiger partial charge in [0.05, 0.1) is 0 Å². The van der Waals surface area contributed by atoms with E-state index >= 15 is 0 Å². The van der Waals surface area contributed by atoms with Crippen molar-refractivity contribution in [1.82, 2.24) is 0 Å². The van der Waals surface area contributed by atoms with Crippen LogP contribution < -0.4 is 0 Å². The fraction of sp³-hybridized carbons (Fsp3) is 0.333. The second-order valence-corrected chi connectivity index (χ2v) is 5.03. The third kappa shape index (κ3) is 4.37. The minimum Gasteiger partial charge on any atom is -0.0622 e. The molecule has 0 amide bonds. The van der Waals surface area contributed by atoms with Crippen LogP contribution in [0, 0.1) is 6.92 Å². The van der Waals surface area contributed by atoms with Crippen molar-refractivity contribution in [3.63, 3.8) is 0 Å². The predicted octanol–water partition coefficient (Wildman–Crippen LogP) is 4.95. The first kappa shape index (κ1) is 12.9. The number of aryl methyl sites for hydroxylation is 3. The van der Waals surface area contributed by atoms with Gasteiger partial charge in [-0.15, -0.1) is 0 Å². The van der Waals surface area contributed by atoms with Gasteiger partial charge in [-0.25, -0.2) is 0 Å². The van der Waals surface area contributed by atoms with Gasteiger partial charge < -0.3 is 0 Å². The minimum atomic E-state index is 1.22. The summed E-state index contributed by atoms with van der Waals surface area (Å²) >= 11 is 0. The van der Waals surface area contributed by atoms with Crippen LogP contribution in [0.5, 0.6) is 0 Å². The number of rotatable bonds is 6. The summed E-state index contributed by atoms with van der Waals surface area (Å²) in [4.78, 5) is 0. The highest BCUT2D eigenvalue weighted by molar-refractivity contribution is 5.21. The fourth-order valence-corrected chi connectivity index (χ4v) is 2.23. The smallest absolute Gasteiger partial charge is 0.0279 e. The lowest BCUT2D eigenvalue weighted by molar-refractivity contribution is 0.678. The SMILES string of the molecule is Cc1ccc(CCCCCc2ccccc2)cc1. The first-order chi connectivity index (χ1) is 8.84. The molecule has 0 atom stereocenters. The van der Waals surface area contributed by atoms with Crippen molar-refractivity contribution in [2.24, 2.45) is 0 Å². The molecule has 0 N–H and O–H groups in total. The van der Waals surface area contributed by atoms with E-state index in [1.807, 2.05) is 0 Å². The largest absolute Gasteiger partial charge is 0.0622 e. The Morgan fingerprint density at radius 3 is 1.78 bits per heavy atom. The van der Waals surface area contributed by atoms with E-state index in [4.69, 9.17) is 0 Å². The van der Waals surface area contributed by atoms with E-state index in [1.165, 1.54) is 48.8 Å². The molecular weight excluding hydrogens is 216 g/mol. The van der Waals surface area contributed by atoms with E-state index in [1.54, 1.807) is 0 Å². The van der Waals surface area contributed by atoms with Crippen LogP contribution in [0.3, 0.4) is 0 Å². The van der Waals surface area contributed by atoms with Crippen molar-refractivity contribution in [3.8, 4) is 0 Å².